The molecule has 1 aliphatic heterocycles. The highest BCUT2D eigenvalue weighted by atomic mass is 32.2. The van der Waals surface area contributed by atoms with Crippen LogP contribution < -0.4 is 5.32 Å². The van der Waals surface area contributed by atoms with E-state index in [1.807, 2.05) is 11.5 Å². The quantitative estimate of drug-likeness (QED) is 0.662. The van der Waals surface area contributed by atoms with Gasteiger partial charge in [-0.05, 0) is 38.0 Å². The van der Waals surface area contributed by atoms with Crippen molar-refractivity contribution in [1.29, 1.82) is 0 Å². The van der Waals surface area contributed by atoms with Crippen LogP contribution in [0.25, 0.3) is 11.4 Å². The summed E-state index contributed by atoms with van der Waals surface area (Å²) in [5.74, 6) is 0.387. The average molecular weight is 431 g/mol. The van der Waals surface area contributed by atoms with Crippen LogP contribution in [0.3, 0.4) is 0 Å². The molecule has 4 rings (SSSR count). The zero-order valence-corrected chi connectivity index (χ0v) is 17.5. The Morgan fingerprint density at radius 2 is 1.97 bits per heavy atom. The fourth-order valence-corrected chi connectivity index (χ4v) is 4.24. The number of sulfone groups is 1. The second-order valence-corrected chi connectivity index (χ2v) is 9.24. The second-order valence-electron chi connectivity index (χ2n) is 7.22. The van der Waals surface area contributed by atoms with Crippen LogP contribution in [-0.2, 0) is 14.6 Å². The minimum Gasteiger partial charge on any atom is -0.381 e. The molecule has 0 radical (unpaired) electrons. The molecule has 1 fully saturated rings. The third-order valence-electron chi connectivity index (χ3n) is 5.04. The van der Waals surface area contributed by atoms with Crippen molar-refractivity contribution in [3.63, 3.8) is 0 Å². The smallest absolute Gasteiger partial charge is 0.227 e. The normalized spacial score (nSPS) is 15.3. The van der Waals surface area contributed by atoms with E-state index in [0.29, 0.717) is 24.6 Å². The summed E-state index contributed by atoms with van der Waals surface area (Å²) in [4.78, 5) is 12.9. The number of anilines is 2. The van der Waals surface area contributed by atoms with Gasteiger partial charge in [0.2, 0.25) is 5.95 Å². The molecule has 1 aromatic carbocycles. The Bertz CT molecular complexity index is 1170. The summed E-state index contributed by atoms with van der Waals surface area (Å²) in [6.45, 7) is 3.18. The maximum absolute atomic E-state index is 14.7. The Kier molecular flexibility index (Phi) is 5.52. The van der Waals surface area contributed by atoms with E-state index in [1.165, 1.54) is 12.1 Å². The van der Waals surface area contributed by atoms with Crippen molar-refractivity contribution < 1.29 is 17.5 Å². The molecule has 158 valence electrons. The van der Waals surface area contributed by atoms with Crippen LogP contribution in [0.2, 0.25) is 0 Å². The summed E-state index contributed by atoms with van der Waals surface area (Å²) < 4.78 is 45.7. The van der Waals surface area contributed by atoms with E-state index < -0.39 is 15.7 Å². The van der Waals surface area contributed by atoms with Gasteiger partial charge in [-0.1, -0.05) is 6.07 Å². The van der Waals surface area contributed by atoms with Gasteiger partial charge in [0.25, 0.3) is 0 Å². The molecule has 0 atom stereocenters. The number of aromatic nitrogens is 4. The largest absolute Gasteiger partial charge is 0.381 e. The predicted octanol–water partition coefficient (Wildman–Crippen LogP) is 3.29. The number of aryl methyl sites for hydroxylation is 1. The molecule has 3 aromatic rings. The molecule has 2 aromatic heterocycles. The number of imidazole rings is 1. The lowest BCUT2D eigenvalue weighted by atomic mass is 10.1. The molecule has 0 aliphatic carbocycles. The molecule has 0 bridgehead atoms. The summed E-state index contributed by atoms with van der Waals surface area (Å²) >= 11 is 0. The molecule has 10 heteroatoms. The first kappa shape index (κ1) is 20.4. The monoisotopic (exact) mass is 431 g/mol. The standard InChI is InChI=1S/C20H22FN5O3S/c1-13-22-12-18(26(13)15-6-8-29-9-7-15)19-17(21)11-23-20(25-19)24-14-4-3-5-16(10-14)30(2,27)28/h3-5,10-12,15H,6-9H2,1-2H3,(H,23,24,25). The van der Waals surface area contributed by atoms with Crippen molar-refractivity contribution in [1.82, 2.24) is 19.5 Å². The second kappa shape index (κ2) is 8.11. The van der Waals surface area contributed by atoms with E-state index in [9.17, 15) is 12.8 Å². The summed E-state index contributed by atoms with van der Waals surface area (Å²) in [7, 11) is -3.35. The fourth-order valence-electron chi connectivity index (χ4n) is 3.57. The van der Waals surface area contributed by atoms with Crippen LogP contribution >= 0.6 is 0 Å². The summed E-state index contributed by atoms with van der Waals surface area (Å²) in [5, 5.41) is 2.96. The van der Waals surface area contributed by atoms with Gasteiger partial charge in [-0.25, -0.2) is 27.8 Å². The van der Waals surface area contributed by atoms with E-state index in [1.54, 1.807) is 18.3 Å². The maximum atomic E-state index is 14.7. The highest BCUT2D eigenvalue weighted by Crippen LogP contribution is 2.31. The van der Waals surface area contributed by atoms with Gasteiger partial charge in [-0.2, -0.15) is 0 Å². The Morgan fingerprint density at radius 1 is 1.20 bits per heavy atom. The SMILES string of the molecule is Cc1ncc(-c2nc(Nc3cccc(S(C)(=O)=O)c3)ncc2F)n1C1CCOCC1. The molecule has 8 nitrogen and oxygen atoms in total. The number of rotatable bonds is 5. The first-order valence-corrected chi connectivity index (χ1v) is 11.4. The van der Waals surface area contributed by atoms with Crippen molar-refractivity contribution in [3.05, 3.63) is 48.3 Å². The maximum Gasteiger partial charge on any atom is 0.227 e. The number of benzene rings is 1. The first-order valence-electron chi connectivity index (χ1n) is 9.54. The zero-order chi connectivity index (χ0) is 21.3. The minimum atomic E-state index is -3.35. The molecule has 0 amide bonds. The van der Waals surface area contributed by atoms with Gasteiger partial charge >= 0.3 is 0 Å². The lowest BCUT2D eigenvalue weighted by molar-refractivity contribution is 0.0694. The van der Waals surface area contributed by atoms with Crippen LogP contribution in [0.5, 0.6) is 0 Å². The van der Waals surface area contributed by atoms with Gasteiger partial charge < -0.3 is 14.6 Å². The van der Waals surface area contributed by atoms with Crippen LogP contribution in [0, 0.1) is 12.7 Å². The number of nitrogens with one attached hydrogen (secondary N) is 1. The van der Waals surface area contributed by atoms with E-state index >= 15 is 0 Å². The molecule has 0 unspecified atom stereocenters. The topological polar surface area (TPSA) is 99.0 Å². The number of hydrogen-bond donors (Lipinski definition) is 1. The highest BCUT2D eigenvalue weighted by molar-refractivity contribution is 7.90. The molecule has 3 heterocycles. The van der Waals surface area contributed by atoms with Crippen molar-refractivity contribution in [2.24, 2.45) is 0 Å². The van der Waals surface area contributed by atoms with E-state index in [4.69, 9.17) is 4.74 Å². The van der Waals surface area contributed by atoms with Gasteiger partial charge in [0, 0.05) is 31.2 Å². The van der Waals surface area contributed by atoms with Gasteiger partial charge in [-0.15, -0.1) is 0 Å². The summed E-state index contributed by atoms with van der Waals surface area (Å²) in [6.07, 6.45) is 5.49. The fraction of sp³-hybridized carbons (Fsp3) is 0.350. The molecule has 30 heavy (non-hydrogen) atoms. The van der Waals surface area contributed by atoms with Gasteiger partial charge in [-0.3, -0.25) is 0 Å². The molecule has 1 aliphatic rings. The zero-order valence-electron chi connectivity index (χ0n) is 16.7. The Labute approximate surface area is 174 Å². The van der Waals surface area contributed by atoms with Gasteiger partial charge in [0.15, 0.2) is 15.7 Å². The first-order chi connectivity index (χ1) is 14.3. The molecule has 1 saturated heterocycles. The molecule has 0 spiro atoms. The van der Waals surface area contributed by atoms with Crippen molar-refractivity contribution in [2.75, 3.05) is 24.8 Å². The molecule has 1 N–H and O–H groups in total. The average Bonchev–Trinajstić information content (AvgIpc) is 3.11. The molecular formula is C20H22FN5O3S. The van der Waals surface area contributed by atoms with Crippen LogP contribution in [0.15, 0.2) is 41.6 Å². The van der Waals surface area contributed by atoms with E-state index in [0.717, 1.165) is 31.1 Å². The third-order valence-corrected chi connectivity index (χ3v) is 6.15. The summed E-state index contributed by atoms with van der Waals surface area (Å²) in [6, 6.07) is 6.46. The lowest BCUT2D eigenvalue weighted by Crippen LogP contribution is -2.21. The van der Waals surface area contributed by atoms with Gasteiger partial charge in [0.05, 0.1) is 23.0 Å². The number of ether oxygens (including phenoxy) is 1. The van der Waals surface area contributed by atoms with Crippen LogP contribution in [0.4, 0.5) is 16.0 Å². The van der Waals surface area contributed by atoms with Crippen molar-refractivity contribution in [3.8, 4) is 11.4 Å². The van der Waals surface area contributed by atoms with Crippen molar-refractivity contribution in [2.45, 2.75) is 30.7 Å². The van der Waals surface area contributed by atoms with E-state index in [-0.39, 0.29) is 22.6 Å². The number of hydrogen-bond acceptors (Lipinski definition) is 7. The molecule has 0 saturated carbocycles. The number of halogens is 1. The van der Waals surface area contributed by atoms with Crippen molar-refractivity contribution >= 4 is 21.5 Å². The lowest BCUT2D eigenvalue weighted by Gasteiger charge is -2.26. The minimum absolute atomic E-state index is 0.138. The highest BCUT2D eigenvalue weighted by Gasteiger charge is 2.23. The molecular weight excluding hydrogens is 409 g/mol. The summed E-state index contributed by atoms with van der Waals surface area (Å²) in [5.41, 5.74) is 1.20. The van der Waals surface area contributed by atoms with Crippen LogP contribution in [-0.4, -0.2) is 47.4 Å². The van der Waals surface area contributed by atoms with Gasteiger partial charge in [0.1, 0.15) is 11.5 Å². The Hall–Kier alpha value is -2.85. The van der Waals surface area contributed by atoms with Crippen LogP contribution in [0.1, 0.15) is 24.7 Å². The Balaban J connectivity index is 1.69. The van der Waals surface area contributed by atoms with E-state index in [2.05, 4.69) is 20.3 Å². The number of nitrogens with zero attached hydrogens (tertiary/aromatic N) is 4. The predicted molar refractivity (Wildman–Crippen MR) is 110 cm³/mol. The third kappa shape index (κ3) is 4.19. The Morgan fingerprint density at radius 3 is 2.70 bits per heavy atom.